The Kier molecular flexibility index (Phi) is 5.19. The highest BCUT2D eigenvalue weighted by atomic mass is 16.2. The van der Waals surface area contributed by atoms with Crippen LogP contribution in [0.5, 0.6) is 0 Å². The molecular weight excluding hydrogens is 212 g/mol. The second-order valence-electron chi connectivity index (χ2n) is 5.25. The SMILES string of the molecule is C=CCN(C(=O)C1(CC)CCCNC1)C(C)C. The molecule has 1 heterocycles. The summed E-state index contributed by atoms with van der Waals surface area (Å²) in [4.78, 5) is 14.7. The minimum absolute atomic E-state index is 0.189. The van der Waals surface area contributed by atoms with Crippen molar-refractivity contribution >= 4 is 5.91 Å². The number of nitrogens with one attached hydrogen (secondary N) is 1. The van der Waals surface area contributed by atoms with E-state index in [9.17, 15) is 4.79 Å². The lowest BCUT2D eigenvalue weighted by Crippen LogP contribution is -2.53. The molecule has 1 aliphatic heterocycles. The van der Waals surface area contributed by atoms with Gasteiger partial charge in [0.25, 0.3) is 0 Å². The Bertz CT molecular complexity index is 267. The van der Waals surface area contributed by atoms with E-state index in [-0.39, 0.29) is 11.5 Å². The van der Waals surface area contributed by atoms with Gasteiger partial charge in [0, 0.05) is 19.1 Å². The molecule has 0 radical (unpaired) electrons. The summed E-state index contributed by atoms with van der Waals surface area (Å²) in [5.74, 6) is 0.294. The summed E-state index contributed by atoms with van der Waals surface area (Å²) in [6.45, 7) is 12.5. The first-order valence-corrected chi connectivity index (χ1v) is 6.70. The first kappa shape index (κ1) is 14.2. The second-order valence-corrected chi connectivity index (χ2v) is 5.25. The van der Waals surface area contributed by atoms with E-state index in [1.807, 2.05) is 11.0 Å². The van der Waals surface area contributed by atoms with Crippen LogP contribution in [-0.4, -0.2) is 36.5 Å². The van der Waals surface area contributed by atoms with Gasteiger partial charge in [0.1, 0.15) is 0 Å². The number of carbonyl (C=O) groups is 1. The molecule has 1 N–H and O–H groups in total. The summed E-state index contributed by atoms with van der Waals surface area (Å²) >= 11 is 0. The molecule has 1 unspecified atom stereocenters. The molecule has 17 heavy (non-hydrogen) atoms. The predicted molar refractivity (Wildman–Crippen MR) is 71.9 cm³/mol. The van der Waals surface area contributed by atoms with Crippen molar-refractivity contribution in [1.29, 1.82) is 0 Å². The van der Waals surface area contributed by atoms with Crippen molar-refractivity contribution in [2.45, 2.75) is 46.1 Å². The number of amides is 1. The van der Waals surface area contributed by atoms with Gasteiger partial charge in [0.2, 0.25) is 5.91 Å². The molecule has 0 aromatic heterocycles. The van der Waals surface area contributed by atoms with E-state index in [0.717, 1.165) is 32.4 Å². The number of rotatable bonds is 5. The number of carbonyl (C=O) groups excluding carboxylic acids is 1. The van der Waals surface area contributed by atoms with E-state index in [0.29, 0.717) is 12.5 Å². The van der Waals surface area contributed by atoms with Crippen molar-refractivity contribution in [1.82, 2.24) is 10.2 Å². The van der Waals surface area contributed by atoms with Gasteiger partial charge < -0.3 is 10.2 Å². The number of hydrogen-bond donors (Lipinski definition) is 1. The average Bonchev–Trinajstić information content (AvgIpc) is 2.35. The van der Waals surface area contributed by atoms with Gasteiger partial charge in [-0.3, -0.25) is 4.79 Å². The molecular formula is C14H26N2O. The van der Waals surface area contributed by atoms with Crippen molar-refractivity contribution in [3.8, 4) is 0 Å². The Morgan fingerprint density at radius 3 is 2.71 bits per heavy atom. The maximum atomic E-state index is 12.7. The molecule has 1 rings (SSSR count). The topological polar surface area (TPSA) is 32.3 Å². The molecule has 0 aliphatic carbocycles. The predicted octanol–water partition coefficient (Wildman–Crippen LogP) is 2.19. The van der Waals surface area contributed by atoms with Gasteiger partial charge in [-0.15, -0.1) is 6.58 Å². The van der Waals surface area contributed by atoms with E-state index in [2.05, 4.69) is 32.7 Å². The molecule has 1 fully saturated rings. The van der Waals surface area contributed by atoms with Gasteiger partial charge in [-0.05, 0) is 39.7 Å². The van der Waals surface area contributed by atoms with Crippen molar-refractivity contribution in [3.63, 3.8) is 0 Å². The zero-order valence-corrected chi connectivity index (χ0v) is 11.5. The summed E-state index contributed by atoms with van der Waals surface area (Å²) in [6, 6.07) is 0.242. The summed E-state index contributed by atoms with van der Waals surface area (Å²) in [6.07, 6.45) is 4.84. The van der Waals surface area contributed by atoms with Crippen LogP contribution >= 0.6 is 0 Å². The lowest BCUT2D eigenvalue weighted by atomic mass is 9.77. The van der Waals surface area contributed by atoms with Crippen LogP contribution in [0.25, 0.3) is 0 Å². The monoisotopic (exact) mass is 238 g/mol. The van der Waals surface area contributed by atoms with Gasteiger partial charge in [-0.2, -0.15) is 0 Å². The van der Waals surface area contributed by atoms with Crippen LogP contribution in [0.1, 0.15) is 40.0 Å². The van der Waals surface area contributed by atoms with E-state index in [1.165, 1.54) is 0 Å². The highest BCUT2D eigenvalue weighted by Crippen LogP contribution is 2.32. The maximum Gasteiger partial charge on any atom is 0.230 e. The van der Waals surface area contributed by atoms with Crippen molar-refractivity contribution in [3.05, 3.63) is 12.7 Å². The summed E-state index contributed by atoms with van der Waals surface area (Å²) in [5, 5.41) is 3.37. The molecule has 0 spiro atoms. The Hall–Kier alpha value is -0.830. The van der Waals surface area contributed by atoms with E-state index in [1.54, 1.807) is 0 Å². The summed E-state index contributed by atoms with van der Waals surface area (Å²) in [7, 11) is 0. The average molecular weight is 238 g/mol. The Morgan fingerprint density at radius 1 is 1.59 bits per heavy atom. The number of nitrogens with zero attached hydrogens (tertiary/aromatic N) is 1. The van der Waals surface area contributed by atoms with Crippen LogP contribution < -0.4 is 5.32 Å². The van der Waals surface area contributed by atoms with Crippen LogP contribution in [0.15, 0.2) is 12.7 Å². The Balaban J connectivity index is 2.85. The van der Waals surface area contributed by atoms with Gasteiger partial charge >= 0.3 is 0 Å². The minimum Gasteiger partial charge on any atom is -0.336 e. The Morgan fingerprint density at radius 2 is 2.29 bits per heavy atom. The van der Waals surface area contributed by atoms with Crippen molar-refractivity contribution in [2.75, 3.05) is 19.6 Å². The number of piperidine rings is 1. The Labute approximate surface area is 105 Å². The minimum atomic E-state index is -0.189. The molecule has 1 atom stereocenters. The molecule has 3 nitrogen and oxygen atoms in total. The molecule has 1 amide bonds. The van der Waals surface area contributed by atoms with Crippen LogP contribution in [-0.2, 0) is 4.79 Å². The fourth-order valence-corrected chi connectivity index (χ4v) is 2.58. The van der Waals surface area contributed by atoms with E-state index < -0.39 is 0 Å². The molecule has 1 saturated heterocycles. The largest absolute Gasteiger partial charge is 0.336 e. The van der Waals surface area contributed by atoms with Crippen molar-refractivity contribution < 1.29 is 4.79 Å². The fraction of sp³-hybridized carbons (Fsp3) is 0.786. The first-order chi connectivity index (χ1) is 8.07. The quantitative estimate of drug-likeness (QED) is 0.745. The third kappa shape index (κ3) is 3.09. The fourth-order valence-electron chi connectivity index (χ4n) is 2.58. The highest BCUT2D eigenvalue weighted by molar-refractivity contribution is 5.83. The van der Waals surface area contributed by atoms with Crippen LogP contribution in [0.4, 0.5) is 0 Å². The lowest BCUT2D eigenvalue weighted by Gasteiger charge is -2.40. The van der Waals surface area contributed by atoms with E-state index in [4.69, 9.17) is 0 Å². The standard InChI is InChI=1S/C14H26N2O/c1-5-10-16(12(3)4)13(17)14(6-2)8-7-9-15-11-14/h5,12,15H,1,6-11H2,2-4H3. The normalized spacial score (nSPS) is 24.7. The summed E-state index contributed by atoms with van der Waals surface area (Å²) < 4.78 is 0. The lowest BCUT2D eigenvalue weighted by molar-refractivity contribution is -0.144. The van der Waals surface area contributed by atoms with E-state index >= 15 is 0 Å². The van der Waals surface area contributed by atoms with Crippen LogP contribution in [0.3, 0.4) is 0 Å². The zero-order chi connectivity index (χ0) is 12.9. The molecule has 0 saturated carbocycles. The second kappa shape index (κ2) is 6.20. The van der Waals surface area contributed by atoms with Crippen LogP contribution in [0, 0.1) is 5.41 Å². The van der Waals surface area contributed by atoms with Gasteiger partial charge in [-0.25, -0.2) is 0 Å². The molecule has 98 valence electrons. The molecule has 0 aromatic rings. The molecule has 1 aliphatic rings. The molecule has 0 aromatic carbocycles. The van der Waals surface area contributed by atoms with Gasteiger partial charge in [-0.1, -0.05) is 13.0 Å². The highest BCUT2D eigenvalue weighted by Gasteiger charge is 2.40. The number of hydrogen-bond acceptors (Lipinski definition) is 2. The first-order valence-electron chi connectivity index (χ1n) is 6.70. The maximum absolute atomic E-state index is 12.7. The van der Waals surface area contributed by atoms with Gasteiger partial charge in [0.15, 0.2) is 0 Å². The van der Waals surface area contributed by atoms with Crippen molar-refractivity contribution in [2.24, 2.45) is 5.41 Å². The zero-order valence-electron chi connectivity index (χ0n) is 11.5. The summed E-state index contributed by atoms with van der Waals surface area (Å²) in [5.41, 5.74) is -0.189. The molecule has 3 heteroatoms. The van der Waals surface area contributed by atoms with Crippen LogP contribution in [0.2, 0.25) is 0 Å². The molecule has 0 bridgehead atoms. The third-order valence-electron chi connectivity index (χ3n) is 3.81. The smallest absolute Gasteiger partial charge is 0.230 e. The van der Waals surface area contributed by atoms with Gasteiger partial charge in [0.05, 0.1) is 5.41 Å². The third-order valence-corrected chi connectivity index (χ3v) is 3.81.